The molecule has 0 saturated heterocycles. The Morgan fingerprint density at radius 1 is 0.966 bits per heavy atom. The predicted octanol–water partition coefficient (Wildman–Crippen LogP) is 5.86. The number of amides is 2. The molecule has 0 radical (unpaired) electrons. The largest absolute Gasteiger partial charge is 0.491 e. The monoisotopic (exact) mass is 429 g/mol. The van der Waals surface area contributed by atoms with Gasteiger partial charge in [0.2, 0.25) is 0 Å². The van der Waals surface area contributed by atoms with E-state index in [1.807, 2.05) is 58.9 Å². The van der Waals surface area contributed by atoms with Crippen molar-refractivity contribution in [2.45, 2.75) is 46.0 Å². The van der Waals surface area contributed by atoms with Crippen molar-refractivity contribution in [3.63, 3.8) is 0 Å². The number of anilines is 1. The molecular formula is C23H24ClNO3S. The minimum absolute atomic E-state index is 0.0604. The molecular weight excluding hydrogens is 406 g/mol. The molecule has 29 heavy (non-hydrogen) atoms. The number of halogens is 1. The number of aryl methyl sites for hydroxylation is 1. The molecule has 152 valence electrons. The first-order valence-electron chi connectivity index (χ1n) is 9.52. The van der Waals surface area contributed by atoms with Crippen LogP contribution in [0.3, 0.4) is 0 Å². The Morgan fingerprint density at radius 2 is 1.62 bits per heavy atom. The zero-order valence-corrected chi connectivity index (χ0v) is 18.7. The highest BCUT2D eigenvalue weighted by atomic mass is 35.5. The molecule has 0 spiro atoms. The van der Waals surface area contributed by atoms with E-state index in [0.717, 1.165) is 11.3 Å². The molecule has 0 saturated carbocycles. The van der Waals surface area contributed by atoms with Crippen molar-refractivity contribution in [1.29, 1.82) is 0 Å². The molecule has 0 fully saturated rings. The minimum atomic E-state index is -0.318. The van der Waals surface area contributed by atoms with Crippen molar-refractivity contribution in [1.82, 2.24) is 0 Å². The van der Waals surface area contributed by atoms with Gasteiger partial charge in [0.05, 0.1) is 22.3 Å². The summed E-state index contributed by atoms with van der Waals surface area (Å²) < 4.78 is 5.69. The smallest absolute Gasteiger partial charge is 0.272 e. The average Bonchev–Trinajstić information content (AvgIpc) is 2.86. The Kier molecular flexibility index (Phi) is 6.39. The van der Waals surface area contributed by atoms with Crippen LogP contribution in [0.15, 0.2) is 47.4 Å². The summed E-state index contributed by atoms with van der Waals surface area (Å²) in [4.78, 5) is 28.4. The normalized spacial score (nSPS) is 14.6. The number of rotatable bonds is 6. The number of thioether (sulfide) groups is 1. The molecule has 0 N–H and O–H groups in total. The molecule has 4 nitrogen and oxygen atoms in total. The summed E-state index contributed by atoms with van der Waals surface area (Å²) in [6.07, 6.45) is 0.0604. The van der Waals surface area contributed by atoms with Crippen molar-refractivity contribution < 1.29 is 14.3 Å². The van der Waals surface area contributed by atoms with Crippen molar-refractivity contribution >= 4 is 46.4 Å². The molecule has 0 atom stereocenters. The van der Waals surface area contributed by atoms with Crippen LogP contribution in [0.25, 0.3) is 5.57 Å². The van der Waals surface area contributed by atoms with Gasteiger partial charge >= 0.3 is 0 Å². The Morgan fingerprint density at radius 3 is 2.17 bits per heavy atom. The SMILES string of the molecule is Cc1cc(Cl)ccc1N1C(=O)C(SC(C)C)=C(c2ccc(OC(C)C)cc2)C1=O. The van der Waals surface area contributed by atoms with Gasteiger partial charge in [0.1, 0.15) is 5.75 Å². The van der Waals surface area contributed by atoms with Gasteiger partial charge in [0.25, 0.3) is 11.8 Å². The molecule has 1 aliphatic heterocycles. The molecule has 0 aromatic heterocycles. The van der Waals surface area contributed by atoms with E-state index in [-0.39, 0.29) is 23.2 Å². The van der Waals surface area contributed by atoms with Gasteiger partial charge in [-0.1, -0.05) is 37.6 Å². The third-order valence-corrected chi connectivity index (χ3v) is 5.63. The Labute approximate surface area is 180 Å². The highest BCUT2D eigenvalue weighted by molar-refractivity contribution is 8.04. The molecule has 0 unspecified atom stereocenters. The van der Waals surface area contributed by atoms with E-state index in [0.29, 0.717) is 26.8 Å². The number of ether oxygens (including phenoxy) is 1. The topological polar surface area (TPSA) is 46.6 Å². The fourth-order valence-corrected chi connectivity index (χ4v) is 4.38. The first-order valence-corrected chi connectivity index (χ1v) is 10.8. The summed E-state index contributed by atoms with van der Waals surface area (Å²) in [5.41, 5.74) is 2.46. The van der Waals surface area contributed by atoms with Gasteiger partial charge in [-0.15, -0.1) is 11.8 Å². The van der Waals surface area contributed by atoms with Crippen molar-refractivity contribution in [3.05, 3.63) is 63.5 Å². The quantitative estimate of drug-likeness (QED) is 0.539. The number of hydrogen-bond acceptors (Lipinski definition) is 4. The van der Waals surface area contributed by atoms with Crippen LogP contribution in [0.2, 0.25) is 5.02 Å². The van der Waals surface area contributed by atoms with Crippen LogP contribution in [-0.4, -0.2) is 23.2 Å². The molecule has 2 aromatic carbocycles. The first kappa shape index (κ1) is 21.5. The average molecular weight is 430 g/mol. The third kappa shape index (κ3) is 4.51. The molecule has 0 bridgehead atoms. The second-order valence-electron chi connectivity index (χ2n) is 7.44. The summed E-state index contributed by atoms with van der Waals surface area (Å²) >= 11 is 7.46. The third-order valence-electron chi connectivity index (χ3n) is 4.31. The maximum Gasteiger partial charge on any atom is 0.272 e. The number of nitrogens with zero attached hydrogens (tertiary/aromatic N) is 1. The van der Waals surface area contributed by atoms with Crippen LogP contribution in [0, 0.1) is 6.92 Å². The minimum Gasteiger partial charge on any atom is -0.491 e. The highest BCUT2D eigenvalue weighted by Gasteiger charge is 2.41. The van der Waals surface area contributed by atoms with Crippen LogP contribution in [0.4, 0.5) is 5.69 Å². The first-order chi connectivity index (χ1) is 13.7. The van der Waals surface area contributed by atoms with E-state index in [2.05, 4.69) is 0 Å². The zero-order valence-electron chi connectivity index (χ0n) is 17.2. The number of hydrogen-bond donors (Lipinski definition) is 0. The lowest BCUT2D eigenvalue weighted by Crippen LogP contribution is -2.32. The van der Waals surface area contributed by atoms with E-state index < -0.39 is 0 Å². The fraction of sp³-hybridized carbons (Fsp3) is 0.304. The number of carbonyl (C=O) groups is 2. The molecule has 6 heteroatoms. The predicted molar refractivity (Wildman–Crippen MR) is 121 cm³/mol. The van der Waals surface area contributed by atoms with Gasteiger partial charge in [0, 0.05) is 10.3 Å². The van der Waals surface area contributed by atoms with E-state index >= 15 is 0 Å². The van der Waals surface area contributed by atoms with Gasteiger partial charge in [-0.25, -0.2) is 4.90 Å². The van der Waals surface area contributed by atoms with Crippen molar-refractivity contribution in [3.8, 4) is 5.75 Å². The fourth-order valence-electron chi connectivity index (χ4n) is 3.17. The van der Waals surface area contributed by atoms with Gasteiger partial charge < -0.3 is 4.74 Å². The second kappa shape index (κ2) is 8.64. The summed E-state index contributed by atoms with van der Waals surface area (Å²) in [5.74, 6) is 0.113. The maximum atomic E-state index is 13.4. The van der Waals surface area contributed by atoms with Crippen LogP contribution >= 0.6 is 23.4 Å². The number of benzene rings is 2. The van der Waals surface area contributed by atoms with Gasteiger partial charge in [-0.3, -0.25) is 9.59 Å². The van der Waals surface area contributed by atoms with E-state index in [4.69, 9.17) is 16.3 Å². The lowest BCUT2D eigenvalue weighted by Gasteiger charge is -2.18. The van der Waals surface area contributed by atoms with Crippen LogP contribution in [0.1, 0.15) is 38.8 Å². The molecule has 3 rings (SSSR count). The summed E-state index contributed by atoms with van der Waals surface area (Å²) in [6.45, 7) is 9.76. The summed E-state index contributed by atoms with van der Waals surface area (Å²) in [5, 5.41) is 0.725. The lowest BCUT2D eigenvalue weighted by molar-refractivity contribution is -0.119. The Hall–Kier alpha value is -2.24. The van der Waals surface area contributed by atoms with Crippen LogP contribution in [0.5, 0.6) is 5.75 Å². The molecule has 2 aromatic rings. The molecule has 2 amide bonds. The lowest BCUT2D eigenvalue weighted by atomic mass is 10.1. The Bertz CT molecular complexity index is 980. The standard InChI is InChI=1S/C23H24ClNO3S/c1-13(2)28-18-9-6-16(7-10-18)20-21(29-14(3)4)23(27)25(22(20)26)19-11-8-17(24)12-15(19)5/h6-14H,1-5H3. The number of imide groups is 1. The summed E-state index contributed by atoms with van der Waals surface area (Å²) in [6, 6.07) is 12.5. The van der Waals surface area contributed by atoms with Gasteiger partial charge in [-0.2, -0.15) is 0 Å². The molecule has 1 aliphatic rings. The van der Waals surface area contributed by atoms with Crippen LogP contribution in [-0.2, 0) is 9.59 Å². The summed E-state index contributed by atoms with van der Waals surface area (Å²) in [7, 11) is 0. The zero-order chi connectivity index (χ0) is 21.3. The van der Waals surface area contributed by atoms with Crippen molar-refractivity contribution in [2.24, 2.45) is 0 Å². The van der Waals surface area contributed by atoms with Gasteiger partial charge in [0.15, 0.2) is 0 Å². The molecule has 0 aliphatic carbocycles. The highest BCUT2D eigenvalue weighted by Crippen LogP contribution is 2.41. The van der Waals surface area contributed by atoms with E-state index in [9.17, 15) is 9.59 Å². The van der Waals surface area contributed by atoms with E-state index in [1.165, 1.54) is 16.7 Å². The van der Waals surface area contributed by atoms with Crippen molar-refractivity contribution in [2.75, 3.05) is 4.90 Å². The Balaban J connectivity index is 2.05. The number of carbonyl (C=O) groups excluding carboxylic acids is 2. The van der Waals surface area contributed by atoms with E-state index in [1.54, 1.807) is 18.2 Å². The van der Waals surface area contributed by atoms with Crippen LogP contribution < -0.4 is 9.64 Å². The molecule has 1 heterocycles. The maximum absolute atomic E-state index is 13.4. The second-order valence-corrected chi connectivity index (χ2v) is 9.46. The van der Waals surface area contributed by atoms with Gasteiger partial charge in [-0.05, 0) is 62.2 Å².